The highest BCUT2D eigenvalue weighted by molar-refractivity contribution is 5.94. The Balaban J connectivity index is 1.42. The number of nitrogens with one attached hydrogen (secondary N) is 3. The minimum absolute atomic E-state index is 0.0654. The lowest BCUT2D eigenvalue weighted by Gasteiger charge is -2.13. The zero-order valence-electron chi connectivity index (χ0n) is 15.6. The molecule has 0 spiro atoms. The van der Waals surface area contributed by atoms with Crippen molar-refractivity contribution in [2.24, 2.45) is 4.99 Å². The predicted molar refractivity (Wildman–Crippen MR) is 107 cm³/mol. The third-order valence-corrected chi connectivity index (χ3v) is 4.25. The normalized spacial score (nSPS) is 15.6. The number of amides is 1. The van der Waals surface area contributed by atoms with Crippen LogP contribution in [0.15, 0.2) is 59.6 Å². The van der Waals surface area contributed by atoms with Crippen molar-refractivity contribution in [3.8, 4) is 5.75 Å². The molecule has 6 nitrogen and oxygen atoms in total. The van der Waals surface area contributed by atoms with Crippen LogP contribution in [0.5, 0.6) is 5.75 Å². The van der Waals surface area contributed by atoms with Crippen LogP contribution in [-0.4, -0.2) is 44.1 Å². The van der Waals surface area contributed by atoms with Gasteiger partial charge in [-0.05, 0) is 30.7 Å². The summed E-state index contributed by atoms with van der Waals surface area (Å²) < 4.78 is 5.92. The van der Waals surface area contributed by atoms with Gasteiger partial charge in [-0.2, -0.15) is 0 Å². The highest BCUT2D eigenvalue weighted by Crippen LogP contribution is 2.28. The van der Waals surface area contributed by atoms with Gasteiger partial charge >= 0.3 is 0 Å². The van der Waals surface area contributed by atoms with Gasteiger partial charge in [0.25, 0.3) is 5.91 Å². The molecule has 1 atom stereocenters. The molecule has 0 saturated carbocycles. The molecule has 0 saturated heterocycles. The highest BCUT2D eigenvalue weighted by atomic mass is 16.5. The Hall–Kier alpha value is -3.02. The molecule has 0 bridgehead atoms. The molecule has 0 aliphatic carbocycles. The van der Waals surface area contributed by atoms with Gasteiger partial charge in [0.2, 0.25) is 0 Å². The summed E-state index contributed by atoms with van der Waals surface area (Å²) in [6.45, 7) is 4.49. The molecule has 0 fully saturated rings. The van der Waals surface area contributed by atoms with Gasteiger partial charge in [-0.1, -0.05) is 36.4 Å². The fourth-order valence-electron chi connectivity index (χ4n) is 2.94. The zero-order chi connectivity index (χ0) is 18.9. The third-order valence-electron chi connectivity index (χ3n) is 4.25. The summed E-state index contributed by atoms with van der Waals surface area (Å²) in [7, 11) is 0. The van der Waals surface area contributed by atoms with Crippen molar-refractivity contribution in [3.63, 3.8) is 0 Å². The zero-order valence-corrected chi connectivity index (χ0v) is 15.6. The maximum Gasteiger partial charge on any atom is 0.251 e. The Kier molecular flexibility index (Phi) is 6.68. The van der Waals surface area contributed by atoms with Gasteiger partial charge in [-0.25, -0.2) is 4.99 Å². The fourth-order valence-corrected chi connectivity index (χ4v) is 2.94. The van der Waals surface area contributed by atoms with E-state index in [-0.39, 0.29) is 12.0 Å². The summed E-state index contributed by atoms with van der Waals surface area (Å²) in [5.41, 5.74) is 1.90. The van der Waals surface area contributed by atoms with Crippen LogP contribution >= 0.6 is 0 Å². The van der Waals surface area contributed by atoms with Gasteiger partial charge in [-0.3, -0.25) is 4.79 Å². The molecule has 2 aromatic carbocycles. The molecule has 3 N–H and O–H groups in total. The van der Waals surface area contributed by atoms with Crippen molar-refractivity contribution in [1.29, 1.82) is 0 Å². The van der Waals surface area contributed by atoms with E-state index >= 15 is 0 Å². The van der Waals surface area contributed by atoms with E-state index in [2.05, 4.69) is 27.0 Å². The van der Waals surface area contributed by atoms with Gasteiger partial charge < -0.3 is 20.7 Å². The summed E-state index contributed by atoms with van der Waals surface area (Å²) in [6, 6.07) is 17.3. The largest absolute Gasteiger partial charge is 0.488 e. The summed E-state index contributed by atoms with van der Waals surface area (Å²) in [5.74, 6) is 1.61. The minimum atomic E-state index is -0.0727. The average molecular weight is 366 g/mol. The molecule has 142 valence electrons. The molecular weight excluding hydrogens is 340 g/mol. The molecule has 27 heavy (non-hydrogen) atoms. The number of benzene rings is 2. The SMILES string of the molecule is CCNC(=NCC1Cc2ccccc2O1)NCCNC(=O)c1ccccc1. The first-order valence-electron chi connectivity index (χ1n) is 9.36. The van der Waals surface area contributed by atoms with Crippen LogP contribution in [0.1, 0.15) is 22.8 Å². The van der Waals surface area contributed by atoms with E-state index in [1.54, 1.807) is 12.1 Å². The molecule has 6 heteroatoms. The van der Waals surface area contributed by atoms with E-state index in [4.69, 9.17) is 4.74 Å². The van der Waals surface area contributed by atoms with Gasteiger partial charge in [0, 0.05) is 31.6 Å². The van der Waals surface area contributed by atoms with Crippen LogP contribution in [0.25, 0.3) is 0 Å². The van der Waals surface area contributed by atoms with Crippen LogP contribution in [0.4, 0.5) is 0 Å². The minimum Gasteiger partial charge on any atom is -0.488 e. The standard InChI is InChI=1S/C21H26N4O2/c1-2-22-21(24-13-12-23-20(26)16-8-4-3-5-9-16)25-15-18-14-17-10-6-7-11-19(17)27-18/h3-11,18H,2,12-15H2,1H3,(H,23,26)(H2,22,24,25). The van der Waals surface area contributed by atoms with E-state index in [0.717, 1.165) is 24.7 Å². The van der Waals surface area contributed by atoms with Gasteiger partial charge in [0.05, 0.1) is 6.54 Å². The second-order valence-electron chi connectivity index (χ2n) is 6.32. The van der Waals surface area contributed by atoms with Crippen LogP contribution in [0, 0.1) is 0 Å². The Bertz CT molecular complexity index is 752. The van der Waals surface area contributed by atoms with Crippen molar-refractivity contribution in [1.82, 2.24) is 16.0 Å². The number of carbonyl (C=O) groups excluding carboxylic acids is 1. The molecule has 1 heterocycles. The number of fused-ring (bicyclic) bond motifs is 1. The quantitative estimate of drug-likeness (QED) is 0.398. The van der Waals surface area contributed by atoms with Crippen molar-refractivity contribution in [3.05, 3.63) is 65.7 Å². The molecule has 1 aliphatic heterocycles. The predicted octanol–water partition coefficient (Wildman–Crippen LogP) is 1.98. The number of para-hydroxylation sites is 1. The lowest BCUT2D eigenvalue weighted by Crippen LogP contribution is -2.42. The highest BCUT2D eigenvalue weighted by Gasteiger charge is 2.21. The second-order valence-corrected chi connectivity index (χ2v) is 6.32. The maximum absolute atomic E-state index is 12.0. The van der Waals surface area contributed by atoms with E-state index in [9.17, 15) is 4.79 Å². The van der Waals surface area contributed by atoms with E-state index in [0.29, 0.717) is 25.2 Å². The number of ether oxygens (including phenoxy) is 1. The van der Waals surface area contributed by atoms with Crippen LogP contribution < -0.4 is 20.7 Å². The van der Waals surface area contributed by atoms with Gasteiger partial charge in [0.1, 0.15) is 11.9 Å². The number of nitrogens with zero attached hydrogens (tertiary/aromatic N) is 1. The average Bonchev–Trinajstić information content (AvgIpc) is 3.12. The molecule has 1 amide bonds. The van der Waals surface area contributed by atoms with Crippen LogP contribution in [0.2, 0.25) is 0 Å². The first-order valence-corrected chi connectivity index (χ1v) is 9.36. The number of rotatable bonds is 7. The number of guanidine groups is 1. The number of hydrogen-bond donors (Lipinski definition) is 3. The van der Waals surface area contributed by atoms with Crippen molar-refractivity contribution < 1.29 is 9.53 Å². The van der Waals surface area contributed by atoms with Crippen LogP contribution in [0.3, 0.4) is 0 Å². The summed E-state index contributed by atoms with van der Waals surface area (Å²) in [6.07, 6.45) is 0.947. The Morgan fingerprint density at radius 2 is 1.78 bits per heavy atom. The second kappa shape index (κ2) is 9.62. The fraction of sp³-hybridized carbons (Fsp3) is 0.333. The number of aliphatic imine (C=N–C) groups is 1. The monoisotopic (exact) mass is 366 g/mol. The lowest BCUT2D eigenvalue weighted by molar-refractivity contribution is 0.0954. The van der Waals surface area contributed by atoms with E-state index in [1.165, 1.54) is 5.56 Å². The molecule has 0 radical (unpaired) electrons. The summed E-state index contributed by atoms with van der Waals surface area (Å²) in [5, 5.41) is 9.36. The number of hydrogen-bond acceptors (Lipinski definition) is 3. The van der Waals surface area contributed by atoms with E-state index < -0.39 is 0 Å². The Labute approximate surface area is 160 Å². The van der Waals surface area contributed by atoms with E-state index in [1.807, 2.05) is 43.3 Å². The number of carbonyl (C=O) groups is 1. The molecule has 0 aromatic heterocycles. The van der Waals surface area contributed by atoms with Crippen molar-refractivity contribution >= 4 is 11.9 Å². The Morgan fingerprint density at radius 3 is 2.56 bits per heavy atom. The smallest absolute Gasteiger partial charge is 0.251 e. The molecule has 1 unspecified atom stereocenters. The first kappa shape index (κ1) is 18.8. The Morgan fingerprint density at radius 1 is 1.04 bits per heavy atom. The summed E-state index contributed by atoms with van der Waals surface area (Å²) in [4.78, 5) is 16.6. The molecule has 2 aromatic rings. The molecule has 3 rings (SSSR count). The van der Waals surface area contributed by atoms with Gasteiger partial charge in [-0.15, -0.1) is 0 Å². The molecular formula is C21H26N4O2. The molecule has 1 aliphatic rings. The van der Waals surface area contributed by atoms with Crippen molar-refractivity contribution in [2.75, 3.05) is 26.2 Å². The van der Waals surface area contributed by atoms with Gasteiger partial charge in [0.15, 0.2) is 5.96 Å². The summed E-state index contributed by atoms with van der Waals surface area (Å²) >= 11 is 0. The van der Waals surface area contributed by atoms with Crippen molar-refractivity contribution in [2.45, 2.75) is 19.4 Å². The third kappa shape index (κ3) is 5.48. The topological polar surface area (TPSA) is 74.8 Å². The van der Waals surface area contributed by atoms with Crippen LogP contribution in [-0.2, 0) is 6.42 Å². The first-order chi connectivity index (χ1) is 13.3. The maximum atomic E-state index is 12.0. The lowest BCUT2D eigenvalue weighted by atomic mass is 10.1.